The maximum Gasteiger partial charge on any atom is 0.253 e. The van der Waals surface area contributed by atoms with Gasteiger partial charge in [-0.15, -0.1) is 0 Å². The molecule has 0 spiro atoms. The molecule has 1 aliphatic heterocycles. The number of benzene rings is 1. The highest BCUT2D eigenvalue weighted by Gasteiger charge is 2.35. The van der Waals surface area contributed by atoms with Crippen molar-refractivity contribution in [3.63, 3.8) is 0 Å². The molecule has 2 nitrogen and oxygen atoms in total. The Morgan fingerprint density at radius 3 is 2.00 bits per heavy atom. The third-order valence-electron chi connectivity index (χ3n) is 4.35. The summed E-state index contributed by atoms with van der Waals surface area (Å²) in [5.74, 6) is -0.469. The summed E-state index contributed by atoms with van der Waals surface area (Å²) < 4.78 is 11.6. The summed E-state index contributed by atoms with van der Waals surface area (Å²) in [4.78, 5) is 0. The Bertz CT molecular complexity index is 417. The van der Waals surface area contributed by atoms with Crippen LogP contribution in [0.1, 0.15) is 70.3 Å². The van der Waals surface area contributed by atoms with E-state index in [1.807, 2.05) is 6.07 Å². The third-order valence-corrected chi connectivity index (χ3v) is 4.35. The maximum atomic E-state index is 5.80. The van der Waals surface area contributed by atoms with Gasteiger partial charge < -0.3 is 9.47 Å². The second-order valence-electron chi connectivity index (χ2n) is 6.31. The average molecular weight is 302 g/mol. The van der Waals surface area contributed by atoms with Crippen LogP contribution < -0.4 is 0 Å². The molecule has 22 heavy (non-hydrogen) atoms. The first-order valence-electron chi connectivity index (χ1n) is 8.89. The van der Waals surface area contributed by atoms with Gasteiger partial charge in [0.15, 0.2) is 0 Å². The van der Waals surface area contributed by atoms with Crippen LogP contribution in [0, 0.1) is 0 Å². The van der Waals surface area contributed by atoms with Gasteiger partial charge in [0.25, 0.3) is 5.79 Å². The minimum absolute atomic E-state index is 0.469. The second-order valence-corrected chi connectivity index (χ2v) is 6.31. The Morgan fingerprint density at radius 1 is 0.773 bits per heavy atom. The highest BCUT2D eigenvalue weighted by molar-refractivity contribution is 5.17. The fourth-order valence-corrected chi connectivity index (χ4v) is 3.06. The summed E-state index contributed by atoms with van der Waals surface area (Å²) >= 11 is 0. The third kappa shape index (κ3) is 5.75. The van der Waals surface area contributed by atoms with E-state index in [0.717, 1.165) is 12.8 Å². The van der Waals surface area contributed by atoms with Crippen molar-refractivity contribution < 1.29 is 9.47 Å². The second kappa shape index (κ2) is 9.55. The number of hydrogen-bond donors (Lipinski definition) is 0. The van der Waals surface area contributed by atoms with Gasteiger partial charge in [0, 0.05) is 12.8 Å². The van der Waals surface area contributed by atoms with Crippen LogP contribution in [-0.2, 0) is 15.9 Å². The molecule has 0 aliphatic carbocycles. The van der Waals surface area contributed by atoms with Crippen molar-refractivity contribution in [3.8, 4) is 0 Å². The zero-order valence-corrected chi connectivity index (χ0v) is 13.9. The molecule has 0 N–H and O–H groups in total. The highest BCUT2D eigenvalue weighted by Crippen LogP contribution is 2.30. The predicted octanol–water partition coefficient (Wildman–Crippen LogP) is 5.97. The van der Waals surface area contributed by atoms with Gasteiger partial charge in [-0.2, -0.15) is 0 Å². The van der Waals surface area contributed by atoms with Crippen LogP contribution in [0.5, 0.6) is 0 Å². The Kier molecular flexibility index (Phi) is 7.35. The van der Waals surface area contributed by atoms with Gasteiger partial charge in [-0.3, -0.25) is 0 Å². The molecule has 0 saturated carbocycles. The summed E-state index contributed by atoms with van der Waals surface area (Å²) in [6, 6.07) is 10.5. The van der Waals surface area contributed by atoms with Crippen LogP contribution in [0.2, 0.25) is 0 Å². The minimum Gasteiger partial charge on any atom is -0.456 e. The van der Waals surface area contributed by atoms with Gasteiger partial charge in [0.2, 0.25) is 0 Å². The Hall–Kier alpha value is -1.44. The van der Waals surface area contributed by atoms with E-state index in [1.165, 1.54) is 56.9 Å². The molecule has 1 aliphatic rings. The van der Waals surface area contributed by atoms with E-state index in [0.29, 0.717) is 0 Å². The van der Waals surface area contributed by atoms with E-state index in [-0.39, 0.29) is 0 Å². The van der Waals surface area contributed by atoms with Gasteiger partial charge in [0.05, 0.1) is 0 Å². The number of rotatable bonds is 11. The molecule has 2 rings (SSSR count). The number of ether oxygens (including phenoxy) is 2. The Balaban J connectivity index is 1.66. The fourth-order valence-electron chi connectivity index (χ4n) is 3.06. The monoisotopic (exact) mass is 302 g/mol. The van der Waals surface area contributed by atoms with Crippen molar-refractivity contribution in [2.24, 2.45) is 0 Å². The van der Waals surface area contributed by atoms with E-state index in [2.05, 4.69) is 31.2 Å². The lowest BCUT2D eigenvalue weighted by atomic mass is 9.98. The zero-order chi connectivity index (χ0) is 15.5. The summed E-state index contributed by atoms with van der Waals surface area (Å²) in [7, 11) is 0. The van der Waals surface area contributed by atoms with Crippen molar-refractivity contribution in [2.75, 3.05) is 0 Å². The highest BCUT2D eigenvalue weighted by atomic mass is 16.7. The molecule has 0 amide bonds. The van der Waals surface area contributed by atoms with Crippen molar-refractivity contribution in [1.82, 2.24) is 0 Å². The van der Waals surface area contributed by atoms with Crippen molar-refractivity contribution in [3.05, 3.63) is 48.4 Å². The topological polar surface area (TPSA) is 18.5 Å². The van der Waals surface area contributed by atoms with Gasteiger partial charge in [-0.25, -0.2) is 0 Å². The van der Waals surface area contributed by atoms with Gasteiger partial charge in [-0.1, -0.05) is 82.2 Å². The van der Waals surface area contributed by atoms with E-state index in [1.54, 1.807) is 12.5 Å². The van der Waals surface area contributed by atoms with Crippen molar-refractivity contribution >= 4 is 0 Å². The van der Waals surface area contributed by atoms with Gasteiger partial charge in [0.1, 0.15) is 12.5 Å². The van der Waals surface area contributed by atoms with E-state index < -0.39 is 5.79 Å². The zero-order valence-electron chi connectivity index (χ0n) is 13.9. The molecule has 1 aromatic rings. The molecule has 2 heteroatoms. The quantitative estimate of drug-likeness (QED) is 0.468. The lowest BCUT2D eigenvalue weighted by Gasteiger charge is -2.28. The number of unbranched alkanes of at least 4 members (excludes halogenated alkanes) is 7. The molecular formula is C20H30O2. The molecule has 1 aromatic carbocycles. The lowest BCUT2D eigenvalue weighted by molar-refractivity contribution is -0.146. The molecule has 0 unspecified atom stereocenters. The Morgan fingerprint density at radius 2 is 1.36 bits per heavy atom. The van der Waals surface area contributed by atoms with Crippen LogP contribution in [0.3, 0.4) is 0 Å². The van der Waals surface area contributed by atoms with E-state index in [9.17, 15) is 0 Å². The van der Waals surface area contributed by atoms with Crippen molar-refractivity contribution in [1.29, 1.82) is 0 Å². The SMILES string of the molecule is CCCCCCCCCCC1(Cc2ccccc2)OC=CO1. The van der Waals surface area contributed by atoms with Crippen LogP contribution in [-0.4, -0.2) is 5.79 Å². The van der Waals surface area contributed by atoms with Gasteiger partial charge in [-0.05, 0) is 12.0 Å². The summed E-state index contributed by atoms with van der Waals surface area (Å²) in [5.41, 5.74) is 1.27. The first-order chi connectivity index (χ1) is 10.8. The van der Waals surface area contributed by atoms with E-state index in [4.69, 9.17) is 9.47 Å². The standard InChI is InChI=1S/C20H30O2/c1-2-3-4-5-6-7-8-12-15-20(21-16-17-22-20)18-19-13-10-9-11-14-19/h9-11,13-14,16-17H,2-8,12,15,18H2,1H3. The number of hydrogen-bond acceptors (Lipinski definition) is 2. The van der Waals surface area contributed by atoms with Gasteiger partial charge >= 0.3 is 0 Å². The molecule has 1 heterocycles. The molecule has 0 bridgehead atoms. The smallest absolute Gasteiger partial charge is 0.253 e. The van der Waals surface area contributed by atoms with Crippen LogP contribution in [0.4, 0.5) is 0 Å². The van der Waals surface area contributed by atoms with E-state index >= 15 is 0 Å². The summed E-state index contributed by atoms with van der Waals surface area (Å²) in [6.45, 7) is 2.27. The minimum atomic E-state index is -0.469. The maximum absolute atomic E-state index is 5.80. The van der Waals surface area contributed by atoms with Crippen LogP contribution >= 0.6 is 0 Å². The average Bonchev–Trinajstić information content (AvgIpc) is 2.99. The molecule has 0 fully saturated rings. The largest absolute Gasteiger partial charge is 0.456 e. The molecule has 0 aromatic heterocycles. The van der Waals surface area contributed by atoms with Crippen LogP contribution in [0.25, 0.3) is 0 Å². The predicted molar refractivity (Wildman–Crippen MR) is 91.4 cm³/mol. The first kappa shape index (κ1) is 16.9. The first-order valence-corrected chi connectivity index (χ1v) is 8.89. The summed E-state index contributed by atoms with van der Waals surface area (Å²) in [5, 5.41) is 0. The summed E-state index contributed by atoms with van der Waals surface area (Å²) in [6.07, 6.45) is 15.8. The molecule has 0 saturated heterocycles. The molecular weight excluding hydrogens is 272 g/mol. The fraction of sp³-hybridized carbons (Fsp3) is 0.600. The van der Waals surface area contributed by atoms with Crippen LogP contribution in [0.15, 0.2) is 42.9 Å². The normalized spacial score (nSPS) is 15.5. The molecule has 122 valence electrons. The molecule has 0 atom stereocenters. The Labute approximate surface area is 135 Å². The lowest BCUT2D eigenvalue weighted by Crippen LogP contribution is -2.32. The molecule has 0 radical (unpaired) electrons. The van der Waals surface area contributed by atoms with Crippen molar-refractivity contribution in [2.45, 2.75) is 76.9 Å².